The van der Waals surface area contributed by atoms with Gasteiger partial charge < -0.3 is 15.4 Å². The fraction of sp³-hybridized carbons (Fsp3) is 0.591. The van der Waals surface area contributed by atoms with Crippen molar-refractivity contribution in [3.05, 3.63) is 29.8 Å². The maximum absolute atomic E-state index is 12.6. The van der Waals surface area contributed by atoms with Gasteiger partial charge in [-0.15, -0.1) is 0 Å². The normalized spacial score (nSPS) is 16.9. The van der Waals surface area contributed by atoms with Crippen molar-refractivity contribution in [3.8, 4) is 0 Å². The standard InChI is InChI=1S/C22H32N2O4/c1-14(2)19(24-21(26)17-8-6-5-7-9-17)22(27)28-16(4)20(25)23-18-12-10-15(3)11-13-18/h10-14,16-17,19H,5-9H2,1-4H3,(H,23,25)(H,24,26)/t16-,19-/m0/s1. The van der Waals surface area contributed by atoms with Crippen LogP contribution < -0.4 is 10.6 Å². The lowest BCUT2D eigenvalue weighted by molar-refractivity contribution is -0.157. The molecule has 0 radical (unpaired) electrons. The van der Waals surface area contributed by atoms with Crippen LogP contribution in [0.5, 0.6) is 0 Å². The van der Waals surface area contributed by atoms with Gasteiger partial charge in [-0.1, -0.05) is 50.8 Å². The van der Waals surface area contributed by atoms with E-state index in [0.717, 1.165) is 37.7 Å². The third-order valence-electron chi connectivity index (χ3n) is 5.18. The Balaban J connectivity index is 1.91. The van der Waals surface area contributed by atoms with Crippen molar-refractivity contribution < 1.29 is 19.1 Å². The van der Waals surface area contributed by atoms with E-state index in [-0.39, 0.29) is 17.7 Å². The van der Waals surface area contributed by atoms with Crippen LogP contribution in [0.1, 0.15) is 58.4 Å². The van der Waals surface area contributed by atoms with Crippen molar-refractivity contribution in [2.75, 3.05) is 5.32 Å². The molecular weight excluding hydrogens is 356 g/mol. The molecule has 1 aliphatic rings. The molecule has 6 heteroatoms. The van der Waals surface area contributed by atoms with Crippen LogP contribution >= 0.6 is 0 Å². The molecule has 154 valence electrons. The monoisotopic (exact) mass is 388 g/mol. The molecule has 6 nitrogen and oxygen atoms in total. The molecule has 1 fully saturated rings. The van der Waals surface area contributed by atoms with Crippen LogP contribution in [0.15, 0.2) is 24.3 Å². The third kappa shape index (κ3) is 6.36. The van der Waals surface area contributed by atoms with Crippen molar-refractivity contribution in [2.45, 2.75) is 71.9 Å². The van der Waals surface area contributed by atoms with E-state index in [9.17, 15) is 14.4 Å². The first-order valence-electron chi connectivity index (χ1n) is 10.2. The third-order valence-corrected chi connectivity index (χ3v) is 5.18. The van der Waals surface area contributed by atoms with Crippen LogP contribution in [0, 0.1) is 18.8 Å². The van der Waals surface area contributed by atoms with Crippen molar-refractivity contribution in [2.24, 2.45) is 11.8 Å². The van der Waals surface area contributed by atoms with E-state index in [4.69, 9.17) is 4.74 Å². The fourth-order valence-corrected chi connectivity index (χ4v) is 3.32. The van der Waals surface area contributed by atoms with E-state index in [0.29, 0.717) is 5.69 Å². The zero-order chi connectivity index (χ0) is 20.7. The summed E-state index contributed by atoms with van der Waals surface area (Å²) in [6.45, 7) is 7.19. The number of carbonyl (C=O) groups is 3. The van der Waals surface area contributed by atoms with Gasteiger partial charge in [-0.2, -0.15) is 0 Å². The first-order chi connectivity index (χ1) is 13.3. The molecule has 0 saturated heterocycles. The highest BCUT2D eigenvalue weighted by molar-refractivity contribution is 5.95. The average Bonchev–Trinajstić information content (AvgIpc) is 2.67. The number of rotatable bonds is 7. The van der Waals surface area contributed by atoms with Crippen LogP contribution in [0.3, 0.4) is 0 Å². The number of anilines is 1. The summed E-state index contributed by atoms with van der Waals surface area (Å²) in [5.74, 6) is -1.24. The number of benzene rings is 1. The molecule has 1 saturated carbocycles. The molecule has 28 heavy (non-hydrogen) atoms. The quantitative estimate of drug-likeness (QED) is 0.699. The van der Waals surface area contributed by atoms with Gasteiger partial charge in [0.2, 0.25) is 5.91 Å². The topological polar surface area (TPSA) is 84.5 Å². The molecule has 2 amide bonds. The average molecular weight is 389 g/mol. The van der Waals surface area contributed by atoms with E-state index in [1.54, 1.807) is 12.1 Å². The first-order valence-corrected chi connectivity index (χ1v) is 10.2. The summed E-state index contributed by atoms with van der Waals surface area (Å²) in [7, 11) is 0. The smallest absolute Gasteiger partial charge is 0.329 e. The van der Waals surface area contributed by atoms with Crippen LogP contribution in [-0.4, -0.2) is 29.9 Å². The highest BCUT2D eigenvalue weighted by Gasteiger charge is 2.31. The molecule has 0 aliphatic heterocycles. The molecule has 1 aromatic rings. The number of hydrogen-bond acceptors (Lipinski definition) is 4. The Hall–Kier alpha value is -2.37. The molecule has 2 N–H and O–H groups in total. The van der Waals surface area contributed by atoms with Gasteiger partial charge in [0.25, 0.3) is 5.91 Å². The lowest BCUT2D eigenvalue weighted by Crippen LogP contribution is -2.49. The van der Waals surface area contributed by atoms with Gasteiger partial charge >= 0.3 is 5.97 Å². The van der Waals surface area contributed by atoms with Crippen LogP contribution in [0.2, 0.25) is 0 Å². The highest BCUT2D eigenvalue weighted by Crippen LogP contribution is 2.24. The minimum atomic E-state index is -0.957. The lowest BCUT2D eigenvalue weighted by atomic mass is 9.88. The van der Waals surface area contributed by atoms with Crippen molar-refractivity contribution in [1.29, 1.82) is 0 Å². The molecule has 1 aromatic carbocycles. The molecule has 2 atom stereocenters. The van der Waals surface area contributed by atoms with Gasteiger partial charge in [0.15, 0.2) is 6.10 Å². The van der Waals surface area contributed by atoms with E-state index in [1.807, 2.05) is 32.9 Å². The Labute approximate surface area is 167 Å². The van der Waals surface area contributed by atoms with Crippen LogP contribution in [0.4, 0.5) is 5.69 Å². The number of aryl methyl sites for hydroxylation is 1. The van der Waals surface area contributed by atoms with E-state index in [2.05, 4.69) is 10.6 Å². The Morgan fingerprint density at radius 2 is 1.61 bits per heavy atom. The predicted molar refractivity (Wildman–Crippen MR) is 109 cm³/mol. The number of esters is 1. The van der Waals surface area contributed by atoms with Gasteiger partial charge in [0.1, 0.15) is 6.04 Å². The zero-order valence-electron chi connectivity index (χ0n) is 17.3. The van der Waals surface area contributed by atoms with E-state index >= 15 is 0 Å². The van der Waals surface area contributed by atoms with Crippen molar-refractivity contribution in [1.82, 2.24) is 5.32 Å². The lowest BCUT2D eigenvalue weighted by Gasteiger charge is -2.26. The Morgan fingerprint density at radius 3 is 2.18 bits per heavy atom. The summed E-state index contributed by atoms with van der Waals surface area (Å²) in [6, 6.07) is 6.61. The van der Waals surface area contributed by atoms with Crippen LogP contribution in [0.25, 0.3) is 0 Å². The molecule has 2 rings (SSSR count). The molecule has 0 unspecified atom stereocenters. The van der Waals surface area contributed by atoms with E-state index < -0.39 is 24.0 Å². The maximum Gasteiger partial charge on any atom is 0.329 e. The SMILES string of the molecule is Cc1ccc(NC(=O)[C@H](C)OC(=O)[C@@H](NC(=O)C2CCCCC2)C(C)C)cc1. The molecule has 0 spiro atoms. The van der Waals surface area contributed by atoms with Crippen molar-refractivity contribution >= 4 is 23.5 Å². The Kier molecular flexibility index (Phi) is 8.03. The van der Waals surface area contributed by atoms with Gasteiger partial charge in [-0.05, 0) is 44.7 Å². The highest BCUT2D eigenvalue weighted by atomic mass is 16.5. The number of ether oxygens (including phenoxy) is 1. The summed E-state index contributed by atoms with van der Waals surface area (Å²) in [4.78, 5) is 37.4. The minimum absolute atomic E-state index is 0.0370. The second kappa shape index (κ2) is 10.2. The van der Waals surface area contributed by atoms with Gasteiger partial charge in [-0.3, -0.25) is 9.59 Å². The minimum Gasteiger partial charge on any atom is -0.451 e. The van der Waals surface area contributed by atoms with Crippen molar-refractivity contribution in [3.63, 3.8) is 0 Å². The zero-order valence-corrected chi connectivity index (χ0v) is 17.3. The number of hydrogen-bond donors (Lipinski definition) is 2. The first kappa shape index (κ1) is 21.9. The molecule has 0 heterocycles. The van der Waals surface area contributed by atoms with Gasteiger partial charge in [0, 0.05) is 11.6 Å². The fourth-order valence-electron chi connectivity index (χ4n) is 3.32. The second-order valence-electron chi connectivity index (χ2n) is 8.00. The number of nitrogens with one attached hydrogen (secondary N) is 2. The summed E-state index contributed by atoms with van der Waals surface area (Å²) in [5.41, 5.74) is 1.73. The largest absolute Gasteiger partial charge is 0.451 e. The Bertz CT molecular complexity index is 678. The molecular formula is C22H32N2O4. The second-order valence-corrected chi connectivity index (χ2v) is 8.00. The van der Waals surface area contributed by atoms with Gasteiger partial charge in [0.05, 0.1) is 0 Å². The summed E-state index contributed by atoms with van der Waals surface area (Å²) < 4.78 is 5.35. The number of amides is 2. The van der Waals surface area contributed by atoms with E-state index in [1.165, 1.54) is 6.92 Å². The summed E-state index contributed by atoms with van der Waals surface area (Å²) in [6.07, 6.45) is 4.02. The number of carbonyl (C=O) groups excluding carboxylic acids is 3. The van der Waals surface area contributed by atoms with Gasteiger partial charge in [-0.25, -0.2) is 4.79 Å². The summed E-state index contributed by atoms with van der Waals surface area (Å²) in [5, 5.41) is 5.57. The molecule has 0 aromatic heterocycles. The molecule has 1 aliphatic carbocycles. The molecule has 0 bridgehead atoms. The summed E-state index contributed by atoms with van der Waals surface area (Å²) >= 11 is 0. The Morgan fingerprint density at radius 1 is 1.00 bits per heavy atom. The maximum atomic E-state index is 12.6. The van der Waals surface area contributed by atoms with Crippen LogP contribution in [-0.2, 0) is 19.1 Å². The predicted octanol–water partition coefficient (Wildman–Crippen LogP) is 3.59.